The van der Waals surface area contributed by atoms with Crippen molar-refractivity contribution in [3.63, 3.8) is 0 Å². The highest BCUT2D eigenvalue weighted by atomic mass is 16.6. The Bertz CT molecular complexity index is 459. The van der Waals surface area contributed by atoms with Gasteiger partial charge in [-0.25, -0.2) is 0 Å². The Balaban J connectivity index is 3.04. The minimum atomic E-state index is -0.841. The number of hydrogen-bond donors (Lipinski definition) is 0. The molecule has 0 aromatic carbocycles. The largest absolute Gasteiger partial charge is 0.463 e. The van der Waals surface area contributed by atoms with Gasteiger partial charge in [-0.1, -0.05) is 13.0 Å². The number of esters is 3. The second-order valence-corrected chi connectivity index (χ2v) is 5.55. The summed E-state index contributed by atoms with van der Waals surface area (Å²) in [4.78, 5) is 33.9. The third kappa shape index (κ3) is 5.67. The first-order valence-corrected chi connectivity index (χ1v) is 7.50. The Labute approximate surface area is 135 Å². The molecule has 7 heteroatoms. The Morgan fingerprint density at radius 3 is 2.04 bits per heavy atom. The summed E-state index contributed by atoms with van der Waals surface area (Å²) in [6, 6.07) is 0. The lowest BCUT2D eigenvalue weighted by Gasteiger charge is -2.44. The summed E-state index contributed by atoms with van der Waals surface area (Å²) in [5.41, 5.74) is 0. The van der Waals surface area contributed by atoms with Crippen molar-refractivity contribution in [2.24, 2.45) is 5.92 Å². The SMILES string of the molecule is C=CC[C@H]1O[C@H](COC(C)=O)C(OC(C)=O)[C@H](OC(C)=O)[C@@H]1C. The molecule has 23 heavy (non-hydrogen) atoms. The van der Waals surface area contributed by atoms with Crippen molar-refractivity contribution in [1.82, 2.24) is 0 Å². The van der Waals surface area contributed by atoms with E-state index in [-0.39, 0.29) is 18.6 Å². The first-order valence-electron chi connectivity index (χ1n) is 7.50. The molecule has 1 aliphatic heterocycles. The van der Waals surface area contributed by atoms with Crippen molar-refractivity contribution >= 4 is 17.9 Å². The summed E-state index contributed by atoms with van der Waals surface area (Å²) in [6.07, 6.45) is -0.302. The lowest BCUT2D eigenvalue weighted by molar-refractivity contribution is -0.230. The van der Waals surface area contributed by atoms with Crippen LogP contribution >= 0.6 is 0 Å². The molecular weight excluding hydrogens is 304 g/mol. The molecule has 0 saturated carbocycles. The maximum Gasteiger partial charge on any atom is 0.303 e. The fraction of sp³-hybridized carbons (Fsp3) is 0.688. The molecule has 1 unspecified atom stereocenters. The van der Waals surface area contributed by atoms with Crippen molar-refractivity contribution in [3.05, 3.63) is 12.7 Å². The van der Waals surface area contributed by atoms with Crippen molar-refractivity contribution in [2.45, 2.75) is 58.5 Å². The molecule has 0 aliphatic carbocycles. The van der Waals surface area contributed by atoms with Crippen LogP contribution < -0.4 is 0 Å². The molecule has 1 fully saturated rings. The van der Waals surface area contributed by atoms with Crippen LogP contribution in [0.25, 0.3) is 0 Å². The fourth-order valence-corrected chi connectivity index (χ4v) is 2.62. The molecule has 5 atom stereocenters. The minimum Gasteiger partial charge on any atom is -0.463 e. The maximum atomic E-state index is 11.4. The van der Waals surface area contributed by atoms with E-state index in [1.807, 2.05) is 6.92 Å². The van der Waals surface area contributed by atoms with Gasteiger partial charge in [0.25, 0.3) is 0 Å². The number of ether oxygens (including phenoxy) is 4. The van der Waals surface area contributed by atoms with Crippen LogP contribution in [0.2, 0.25) is 0 Å². The first-order chi connectivity index (χ1) is 10.8. The smallest absolute Gasteiger partial charge is 0.303 e. The molecule has 1 rings (SSSR count). The van der Waals surface area contributed by atoms with Gasteiger partial charge in [-0.15, -0.1) is 6.58 Å². The topological polar surface area (TPSA) is 88.1 Å². The van der Waals surface area contributed by atoms with Crippen molar-refractivity contribution in [1.29, 1.82) is 0 Å². The van der Waals surface area contributed by atoms with Crippen LogP contribution in [0, 0.1) is 5.92 Å². The summed E-state index contributed by atoms with van der Waals surface area (Å²) >= 11 is 0. The number of rotatable bonds is 6. The monoisotopic (exact) mass is 328 g/mol. The summed E-state index contributed by atoms with van der Waals surface area (Å²) in [5.74, 6) is -1.70. The molecule has 0 aromatic heterocycles. The van der Waals surface area contributed by atoms with E-state index in [9.17, 15) is 14.4 Å². The van der Waals surface area contributed by atoms with Gasteiger partial charge in [0, 0.05) is 26.7 Å². The standard InChI is InChI=1S/C16H24O7/c1-6-7-13-9(2)15(21-11(4)18)16(22-12(5)19)14(23-13)8-20-10(3)17/h6,9,13-16H,1,7-8H2,2-5H3/t9-,13-,14-,15-,16?/m1/s1. The van der Waals surface area contributed by atoms with Gasteiger partial charge in [-0.3, -0.25) is 14.4 Å². The number of carbonyl (C=O) groups is 3. The van der Waals surface area contributed by atoms with Gasteiger partial charge in [-0.2, -0.15) is 0 Å². The average Bonchev–Trinajstić information content (AvgIpc) is 2.43. The Morgan fingerprint density at radius 1 is 1.00 bits per heavy atom. The number of carbonyl (C=O) groups excluding carboxylic acids is 3. The van der Waals surface area contributed by atoms with Crippen LogP contribution in [0.4, 0.5) is 0 Å². The summed E-state index contributed by atoms with van der Waals surface area (Å²) in [6.45, 7) is 9.26. The molecule has 0 amide bonds. The Hall–Kier alpha value is -1.89. The quantitative estimate of drug-likeness (QED) is 0.413. The summed E-state index contributed by atoms with van der Waals surface area (Å²) in [5, 5.41) is 0. The van der Waals surface area contributed by atoms with E-state index in [2.05, 4.69) is 6.58 Å². The third-order valence-electron chi connectivity index (χ3n) is 3.60. The Kier molecular flexibility index (Phi) is 7.22. The van der Waals surface area contributed by atoms with Crippen LogP contribution in [0.3, 0.4) is 0 Å². The predicted molar refractivity (Wildman–Crippen MR) is 80.4 cm³/mol. The van der Waals surface area contributed by atoms with E-state index in [0.29, 0.717) is 6.42 Å². The van der Waals surface area contributed by atoms with Gasteiger partial charge in [0.1, 0.15) is 18.8 Å². The van der Waals surface area contributed by atoms with Gasteiger partial charge < -0.3 is 18.9 Å². The zero-order valence-electron chi connectivity index (χ0n) is 13.9. The molecule has 0 N–H and O–H groups in total. The van der Waals surface area contributed by atoms with Crippen LogP contribution in [0.1, 0.15) is 34.1 Å². The molecule has 1 aliphatic rings. The molecule has 0 radical (unpaired) electrons. The van der Waals surface area contributed by atoms with Gasteiger partial charge in [0.2, 0.25) is 0 Å². The molecule has 0 spiro atoms. The molecule has 0 bridgehead atoms. The molecule has 1 heterocycles. The van der Waals surface area contributed by atoms with Crippen LogP contribution in [-0.4, -0.2) is 48.9 Å². The van der Waals surface area contributed by atoms with E-state index >= 15 is 0 Å². The minimum absolute atomic E-state index is 0.0919. The molecule has 130 valence electrons. The van der Waals surface area contributed by atoms with Crippen molar-refractivity contribution in [2.75, 3.05) is 6.61 Å². The van der Waals surface area contributed by atoms with E-state index in [1.54, 1.807) is 6.08 Å². The summed E-state index contributed by atoms with van der Waals surface area (Å²) in [7, 11) is 0. The van der Waals surface area contributed by atoms with Gasteiger partial charge in [0.05, 0.1) is 6.10 Å². The van der Waals surface area contributed by atoms with Gasteiger partial charge in [0.15, 0.2) is 6.10 Å². The van der Waals surface area contributed by atoms with Crippen molar-refractivity contribution < 1.29 is 33.3 Å². The number of hydrogen-bond acceptors (Lipinski definition) is 7. The van der Waals surface area contributed by atoms with Crippen molar-refractivity contribution in [3.8, 4) is 0 Å². The Morgan fingerprint density at radius 2 is 1.57 bits per heavy atom. The van der Waals surface area contributed by atoms with Gasteiger partial charge >= 0.3 is 17.9 Å². The third-order valence-corrected chi connectivity index (χ3v) is 3.60. The average molecular weight is 328 g/mol. The van der Waals surface area contributed by atoms with Crippen LogP contribution in [-0.2, 0) is 33.3 Å². The highest BCUT2D eigenvalue weighted by Crippen LogP contribution is 2.32. The normalized spacial score (nSPS) is 30.2. The molecule has 1 saturated heterocycles. The lowest BCUT2D eigenvalue weighted by atomic mass is 9.86. The van der Waals surface area contributed by atoms with E-state index in [0.717, 1.165) is 0 Å². The van der Waals surface area contributed by atoms with Crippen LogP contribution in [0.5, 0.6) is 0 Å². The maximum absolute atomic E-state index is 11.4. The zero-order chi connectivity index (χ0) is 17.6. The molecular formula is C16H24O7. The van der Waals surface area contributed by atoms with Crippen LogP contribution in [0.15, 0.2) is 12.7 Å². The predicted octanol–water partition coefficient (Wildman–Crippen LogP) is 1.39. The summed E-state index contributed by atoms with van der Waals surface area (Å²) < 4.78 is 21.5. The highest BCUT2D eigenvalue weighted by Gasteiger charge is 2.47. The zero-order valence-corrected chi connectivity index (χ0v) is 13.9. The molecule has 7 nitrogen and oxygen atoms in total. The second kappa shape index (κ2) is 8.67. The lowest BCUT2D eigenvalue weighted by Crippen LogP contribution is -2.57. The van der Waals surface area contributed by atoms with Gasteiger partial charge in [-0.05, 0) is 6.42 Å². The second-order valence-electron chi connectivity index (χ2n) is 5.55. The van der Waals surface area contributed by atoms with E-state index in [1.165, 1.54) is 20.8 Å². The first kappa shape index (κ1) is 19.2. The fourth-order valence-electron chi connectivity index (χ4n) is 2.62. The molecule has 0 aromatic rings. The highest BCUT2D eigenvalue weighted by molar-refractivity contribution is 5.67. The van der Waals surface area contributed by atoms with E-state index < -0.39 is 36.2 Å². The van der Waals surface area contributed by atoms with E-state index in [4.69, 9.17) is 18.9 Å².